The summed E-state index contributed by atoms with van der Waals surface area (Å²) in [6.45, 7) is 8.62. The van der Waals surface area contributed by atoms with E-state index in [1.165, 1.54) is 36.5 Å². The summed E-state index contributed by atoms with van der Waals surface area (Å²) in [7, 11) is -3.55. The molecule has 0 saturated heterocycles. The zero-order valence-corrected chi connectivity index (χ0v) is 10.5. The molecule has 0 N–H and O–H groups in total. The average molecular weight is 258 g/mol. The van der Waals surface area contributed by atoms with E-state index in [0.717, 1.165) is 5.69 Å². The van der Waals surface area contributed by atoms with Gasteiger partial charge in [0.15, 0.2) is 5.69 Å². The molecule has 1 aromatic heterocycles. The Bertz CT molecular complexity index is 696. The molecule has 0 spiro atoms. The number of rotatable bonds is 2. The zero-order valence-electron chi connectivity index (χ0n) is 9.66. The molecule has 4 nitrogen and oxygen atoms in total. The van der Waals surface area contributed by atoms with E-state index in [0.29, 0.717) is 5.69 Å². The molecule has 0 saturated carbocycles. The van der Waals surface area contributed by atoms with Crippen LogP contribution >= 0.6 is 0 Å². The van der Waals surface area contributed by atoms with E-state index >= 15 is 0 Å². The monoisotopic (exact) mass is 258 g/mol. The van der Waals surface area contributed by atoms with Gasteiger partial charge in [0.2, 0.25) is 9.84 Å². The third-order valence-electron chi connectivity index (χ3n) is 2.47. The summed E-state index contributed by atoms with van der Waals surface area (Å²) in [5.74, 6) is 0. The van der Waals surface area contributed by atoms with Gasteiger partial charge in [0, 0.05) is 11.9 Å². The summed E-state index contributed by atoms with van der Waals surface area (Å²) in [6.07, 6.45) is 1.34. The van der Waals surface area contributed by atoms with E-state index in [1.54, 1.807) is 13.0 Å². The lowest BCUT2D eigenvalue weighted by Crippen LogP contribution is -2.02. The van der Waals surface area contributed by atoms with Gasteiger partial charge in [0.25, 0.3) is 0 Å². The van der Waals surface area contributed by atoms with Gasteiger partial charge in [-0.15, -0.1) is 0 Å². The molecule has 1 aromatic carbocycles. The maximum atomic E-state index is 12.2. The van der Waals surface area contributed by atoms with Crippen molar-refractivity contribution in [2.24, 2.45) is 0 Å². The lowest BCUT2D eigenvalue weighted by atomic mass is 10.3. The van der Waals surface area contributed by atoms with Crippen molar-refractivity contribution in [3.63, 3.8) is 0 Å². The van der Waals surface area contributed by atoms with Crippen LogP contribution < -0.4 is 0 Å². The van der Waals surface area contributed by atoms with Gasteiger partial charge in [-0.1, -0.05) is 24.3 Å². The van der Waals surface area contributed by atoms with Gasteiger partial charge in [-0.2, -0.15) is 0 Å². The second-order valence-electron chi connectivity index (χ2n) is 3.74. The summed E-state index contributed by atoms with van der Waals surface area (Å²) in [5, 5.41) is 0. The number of hydrogen-bond acceptors (Lipinski definition) is 3. The minimum atomic E-state index is -3.55. The first-order valence-electron chi connectivity index (χ1n) is 5.19. The van der Waals surface area contributed by atoms with Crippen LogP contribution in [0.4, 0.5) is 5.69 Å². The number of aromatic nitrogens is 1. The molecule has 0 atom stereocenters. The fraction of sp³-hybridized carbons (Fsp3) is 0.0769. The van der Waals surface area contributed by atoms with Crippen molar-refractivity contribution in [2.45, 2.75) is 16.7 Å². The molecule has 0 aliphatic carbocycles. The molecule has 0 fully saturated rings. The quantitative estimate of drug-likeness (QED) is 0.778. The number of pyridine rings is 1. The molecular formula is C13H10N2O2S. The number of sulfone groups is 1. The second-order valence-corrected chi connectivity index (χ2v) is 5.69. The first-order valence-corrected chi connectivity index (χ1v) is 6.67. The SMILES string of the molecule is [C-]#[N+]c1ccc(S(=O)(=O)c2ccc(C)nc2)cc1. The maximum absolute atomic E-state index is 12.2. The molecular weight excluding hydrogens is 248 g/mol. The topological polar surface area (TPSA) is 51.4 Å². The van der Waals surface area contributed by atoms with Crippen LogP contribution in [0.5, 0.6) is 0 Å². The minimum absolute atomic E-state index is 0.156. The maximum Gasteiger partial charge on any atom is 0.208 e. The second kappa shape index (κ2) is 4.59. The van der Waals surface area contributed by atoms with E-state index in [1.807, 2.05) is 0 Å². The highest BCUT2D eigenvalue weighted by Gasteiger charge is 2.17. The molecule has 0 bridgehead atoms. The van der Waals surface area contributed by atoms with Crippen molar-refractivity contribution in [2.75, 3.05) is 0 Å². The van der Waals surface area contributed by atoms with E-state index < -0.39 is 9.84 Å². The fourth-order valence-electron chi connectivity index (χ4n) is 1.45. The van der Waals surface area contributed by atoms with Crippen molar-refractivity contribution < 1.29 is 8.42 Å². The van der Waals surface area contributed by atoms with Crippen LogP contribution in [-0.4, -0.2) is 13.4 Å². The van der Waals surface area contributed by atoms with Crippen LogP contribution in [0.3, 0.4) is 0 Å². The molecule has 1 heterocycles. The average Bonchev–Trinajstić information content (AvgIpc) is 2.39. The Morgan fingerprint density at radius 1 is 1.06 bits per heavy atom. The molecule has 18 heavy (non-hydrogen) atoms. The Morgan fingerprint density at radius 2 is 1.67 bits per heavy atom. The van der Waals surface area contributed by atoms with Crippen molar-refractivity contribution in [1.29, 1.82) is 0 Å². The molecule has 0 aliphatic heterocycles. The Kier molecular flexibility index (Phi) is 3.13. The first-order chi connectivity index (χ1) is 8.54. The van der Waals surface area contributed by atoms with Gasteiger partial charge in [-0.05, 0) is 19.1 Å². The number of hydrogen-bond donors (Lipinski definition) is 0. The van der Waals surface area contributed by atoms with Gasteiger partial charge >= 0.3 is 0 Å². The zero-order chi connectivity index (χ0) is 13.2. The van der Waals surface area contributed by atoms with Crippen LogP contribution in [0.25, 0.3) is 4.85 Å². The van der Waals surface area contributed by atoms with Gasteiger partial charge in [0.05, 0.1) is 16.4 Å². The number of aryl methyl sites for hydroxylation is 1. The normalized spacial score (nSPS) is 10.9. The minimum Gasteiger partial charge on any atom is -0.260 e. The van der Waals surface area contributed by atoms with E-state index in [4.69, 9.17) is 6.57 Å². The third-order valence-corrected chi connectivity index (χ3v) is 4.23. The molecule has 5 heteroatoms. The Hall–Kier alpha value is -2.19. The van der Waals surface area contributed by atoms with Crippen LogP contribution in [-0.2, 0) is 9.84 Å². The number of benzene rings is 1. The standard InChI is InChI=1S/C13H10N2O2S/c1-10-3-6-13(9-15-10)18(16,17)12-7-4-11(14-2)5-8-12/h3-9H,1H3. The van der Waals surface area contributed by atoms with Crippen molar-refractivity contribution in [1.82, 2.24) is 4.98 Å². The predicted molar refractivity (Wildman–Crippen MR) is 67.1 cm³/mol. The number of nitrogens with zero attached hydrogens (tertiary/aromatic N) is 2. The lowest BCUT2D eigenvalue weighted by molar-refractivity contribution is 0.595. The summed E-state index contributed by atoms with van der Waals surface area (Å²) in [4.78, 5) is 7.52. The molecule has 0 unspecified atom stereocenters. The highest BCUT2D eigenvalue weighted by molar-refractivity contribution is 7.91. The van der Waals surface area contributed by atoms with E-state index in [9.17, 15) is 8.42 Å². The molecule has 0 radical (unpaired) electrons. The summed E-state index contributed by atoms with van der Waals surface area (Å²) in [6, 6.07) is 9.02. The van der Waals surface area contributed by atoms with Crippen molar-refractivity contribution >= 4 is 15.5 Å². The Labute approximate surface area is 106 Å². The van der Waals surface area contributed by atoms with Crippen LogP contribution in [0.2, 0.25) is 0 Å². The van der Waals surface area contributed by atoms with E-state index in [-0.39, 0.29) is 9.79 Å². The summed E-state index contributed by atoms with van der Waals surface area (Å²) >= 11 is 0. The van der Waals surface area contributed by atoms with E-state index in [2.05, 4.69) is 9.83 Å². The van der Waals surface area contributed by atoms with Gasteiger partial charge < -0.3 is 0 Å². The highest BCUT2D eigenvalue weighted by atomic mass is 32.2. The van der Waals surface area contributed by atoms with Gasteiger partial charge in [0.1, 0.15) is 0 Å². The highest BCUT2D eigenvalue weighted by Crippen LogP contribution is 2.22. The van der Waals surface area contributed by atoms with Crippen LogP contribution in [0, 0.1) is 13.5 Å². The predicted octanol–water partition coefficient (Wildman–Crippen LogP) is 2.77. The van der Waals surface area contributed by atoms with Crippen molar-refractivity contribution in [3.8, 4) is 0 Å². The van der Waals surface area contributed by atoms with Crippen LogP contribution in [0.15, 0.2) is 52.4 Å². The van der Waals surface area contributed by atoms with Crippen LogP contribution in [0.1, 0.15) is 5.69 Å². The molecule has 0 amide bonds. The smallest absolute Gasteiger partial charge is 0.208 e. The first kappa shape index (κ1) is 12.3. The Morgan fingerprint density at radius 3 is 2.17 bits per heavy atom. The van der Waals surface area contributed by atoms with Gasteiger partial charge in [-0.25, -0.2) is 13.3 Å². The summed E-state index contributed by atoms with van der Waals surface area (Å²) in [5.41, 5.74) is 1.17. The molecule has 2 rings (SSSR count). The summed E-state index contributed by atoms with van der Waals surface area (Å²) < 4.78 is 24.5. The lowest BCUT2D eigenvalue weighted by Gasteiger charge is -2.04. The Balaban J connectivity index is 2.48. The van der Waals surface area contributed by atoms with Crippen molar-refractivity contribution in [3.05, 3.63) is 59.7 Å². The molecule has 90 valence electrons. The largest absolute Gasteiger partial charge is 0.260 e. The third kappa shape index (κ3) is 2.24. The fourth-order valence-corrected chi connectivity index (χ4v) is 2.65. The van der Waals surface area contributed by atoms with Gasteiger partial charge in [-0.3, -0.25) is 4.98 Å². The molecule has 0 aliphatic rings. The molecule has 2 aromatic rings.